The van der Waals surface area contributed by atoms with Gasteiger partial charge in [0.05, 0.1) is 19.2 Å². The third kappa shape index (κ3) is 14.9. The lowest BCUT2D eigenvalue weighted by Crippen LogP contribution is -2.72. The molecule has 22 heteroatoms. The summed E-state index contributed by atoms with van der Waals surface area (Å²) >= 11 is 6.81. The van der Waals surface area contributed by atoms with Gasteiger partial charge in [-0.15, -0.1) is 0 Å². The van der Waals surface area contributed by atoms with E-state index in [2.05, 4.69) is 16.0 Å². The number of halogens is 1. The van der Waals surface area contributed by atoms with Crippen molar-refractivity contribution < 1.29 is 67.1 Å². The van der Waals surface area contributed by atoms with Gasteiger partial charge in [-0.3, -0.25) is 19.7 Å². The molecular formula is C52H72ClN7O14. The van der Waals surface area contributed by atoms with Gasteiger partial charge in [-0.1, -0.05) is 54.5 Å². The number of nitrogens with one attached hydrogen (secondary N) is 3. The largest absolute Gasteiger partial charge is 0.495 e. The van der Waals surface area contributed by atoms with Gasteiger partial charge in [0.2, 0.25) is 17.7 Å². The average Bonchev–Trinajstić information content (AvgIpc) is 3.34. The van der Waals surface area contributed by atoms with Gasteiger partial charge in [0, 0.05) is 72.2 Å². The molecule has 406 valence electrons. The maximum absolute atomic E-state index is 14.3. The molecule has 2 aromatic rings. The van der Waals surface area contributed by atoms with Gasteiger partial charge in [-0.25, -0.2) is 19.2 Å². The number of carbonyl (C=O) groups excluding carboxylic acids is 7. The van der Waals surface area contributed by atoms with E-state index in [1.54, 1.807) is 76.4 Å². The van der Waals surface area contributed by atoms with Gasteiger partial charge >= 0.3 is 24.2 Å². The van der Waals surface area contributed by atoms with Crippen molar-refractivity contribution in [2.75, 3.05) is 58.7 Å². The molecule has 74 heavy (non-hydrogen) atoms. The number of anilines is 2. The number of esters is 1. The van der Waals surface area contributed by atoms with E-state index in [9.17, 15) is 38.7 Å². The maximum Gasteiger partial charge on any atom is 0.409 e. The zero-order chi connectivity index (χ0) is 54.7. The zero-order valence-electron chi connectivity index (χ0n) is 43.9. The minimum atomic E-state index is -1.91. The fraction of sp³-hybridized carbons (Fsp3) is 0.558. The fourth-order valence-corrected chi connectivity index (χ4v) is 9.52. The number of hydrogen-bond acceptors (Lipinski definition) is 14. The number of alkyl carbamates (subject to hydrolysis) is 1. The first-order valence-electron chi connectivity index (χ1n) is 24.5. The van der Waals surface area contributed by atoms with E-state index < -0.39 is 77.3 Å². The third-order valence-corrected chi connectivity index (χ3v) is 14.2. The summed E-state index contributed by atoms with van der Waals surface area (Å²) < 4.78 is 35.1. The number of likely N-dealkylation sites (N-methyl/N-ethyl adjacent to an activating group) is 1. The van der Waals surface area contributed by atoms with Crippen LogP contribution in [0.2, 0.25) is 5.02 Å². The Morgan fingerprint density at radius 3 is 2.39 bits per heavy atom. The summed E-state index contributed by atoms with van der Waals surface area (Å²) in [6, 6.07) is 8.63. The Kier molecular flexibility index (Phi) is 19.9. The number of allylic oxidation sites excluding steroid dienone is 3. The number of aliphatic hydroxyl groups is 1. The second-order valence-corrected chi connectivity index (χ2v) is 20.2. The van der Waals surface area contributed by atoms with Crippen LogP contribution < -0.4 is 31.3 Å². The molecule has 8 atom stereocenters. The normalized spacial score (nSPS) is 25.8. The highest BCUT2D eigenvalue weighted by molar-refractivity contribution is 6.35. The van der Waals surface area contributed by atoms with Crippen LogP contribution in [0.25, 0.3) is 0 Å². The highest BCUT2D eigenvalue weighted by Gasteiger charge is 2.63. The van der Waals surface area contributed by atoms with E-state index in [1.807, 2.05) is 13.0 Å². The lowest BCUT2D eigenvalue weighted by molar-refractivity contribution is -0.328. The molecule has 0 aliphatic carbocycles. The molecule has 0 aromatic heterocycles. The smallest absolute Gasteiger partial charge is 0.409 e. The Bertz CT molecular complexity index is 2450. The van der Waals surface area contributed by atoms with Crippen LogP contribution in [-0.2, 0) is 55.9 Å². The van der Waals surface area contributed by atoms with E-state index in [0.29, 0.717) is 48.5 Å². The monoisotopic (exact) mass is 1050 g/mol. The summed E-state index contributed by atoms with van der Waals surface area (Å²) in [4.78, 5) is 95.1. The van der Waals surface area contributed by atoms with E-state index >= 15 is 0 Å². The second kappa shape index (κ2) is 25.2. The Morgan fingerprint density at radius 1 is 1.05 bits per heavy atom. The third-order valence-electron chi connectivity index (χ3n) is 13.8. The minimum Gasteiger partial charge on any atom is -0.495 e. The molecule has 2 fully saturated rings. The van der Waals surface area contributed by atoms with Crippen molar-refractivity contribution in [2.24, 2.45) is 11.7 Å². The molecule has 2 saturated heterocycles. The summed E-state index contributed by atoms with van der Waals surface area (Å²) in [5.41, 5.74) is 3.87. The van der Waals surface area contributed by atoms with Crippen LogP contribution in [0.1, 0.15) is 90.7 Å². The predicted molar refractivity (Wildman–Crippen MR) is 274 cm³/mol. The quantitative estimate of drug-likeness (QED) is 0.0720. The van der Waals surface area contributed by atoms with E-state index in [-0.39, 0.29) is 62.1 Å². The molecule has 1 unspecified atom stereocenters. The first kappa shape index (κ1) is 58.5. The SMILES string of the molecule is COc1cc2cc(c1Cl)N(C)C(=O)C[C@H](OC(=O)[C@H](C)N(C)C(=O)CCCN(C)C(=O)OCc1ccc(NC(=O)[C@@H](C)CCCNC(N)=O)cc1)[C@@]1(C)CC(C)(O1)[C@@H]1C[C@@](O)(NC(=O)O1)[C@H](OC)/C=C/C=C(\C)C2. The van der Waals surface area contributed by atoms with Gasteiger partial charge in [0.1, 0.15) is 52.9 Å². The first-order valence-corrected chi connectivity index (χ1v) is 24.9. The number of fused-ring (bicyclic) bond motifs is 6. The molecule has 7 amide bonds. The number of methoxy groups -OCH3 is 2. The van der Waals surface area contributed by atoms with Gasteiger partial charge in [0.15, 0.2) is 5.72 Å². The number of primary amides is 1. The minimum absolute atomic E-state index is 0.0344. The van der Waals surface area contributed by atoms with Crippen molar-refractivity contribution in [1.82, 2.24) is 20.4 Å². The number of ether oxygens (including phenoxy) is 6. The second-order valence-electron chi connectivity index (χ2n) is 19.8. The lowest BCUT2D eigenvalue weighted by Gasteiger charge is -2.59. The molecule has 0 spiro atoms. The van der Waals surface area contributed by atoms with E-state index in [4.69, 9.17) is 45.8 Å². The molecule has 6 bridgehead atoms. The van der Waals surface area contributed by atoms with Crippen LogP contribution in [0, 0.1) is 5.92 Å². The number of benzene rings is 2. The molecule has 6 N–H and O–H groups in total. The number of urea groups is 1. The maximum atomic E-state index is 14.3. The summed E-state index contributed by atoms with van der Waals surface area (Å²) in [5, 5.41) is 19.9. The molecular weight excluding hydrogens is 982 g/mol. The van der Waals surface area contributed by atoms with Gasteiger partial charge in [-0.05, 0) is 88.8 Å². The van der Waals surface area contributed by atoms with Crippen LogP contribution >= 0.6 is 11.6 Å². The zero-order valence-corrected chi connectivity index (χ0v) is 44.7. The first-order chi connectivity index (χ1) is 34.8. The van der Waals surface area contributed by atoms with Crippen molar-refractivity contribution in [3.05, 3.63) is 76.3 Å². The van der Waals surface area contributed by atoms with Crippen LogP contribution in [0.4, 0.5) is 25.8 Å². The highest BCUT2D eigenvalue weighted by Crippen LogP contribution is 2.50. The molecule has 4 aliphatic rings. The standard InChI is InChI=1S/C52H72ClN7O14/c1-31-14-11-16-39(70-10)52(68)28-41(73-48(66)57-52)51(5)30-50(4,74-51)40(27-43(62)60(8)37-25-35(24-31)26-38(69-9)44(37)53)72-46(64)33(3)59(7)42(61)17-13-23-58(6)49(67)71-29-34-18-20-36(21-19-34)56-45(63)32(2)15-12-22-55-47(54)65/h11,14,16,18-21,25-26,32-33,39-41,68H,12-13,15,17,22-24,27-30H2,1-10H3,(H,56,63)(H,57,66)(H3,54,55,65)/b16-11+,31-14+/t32-,33-,39+,40-,41-,50+,51?,52-/m0/s1. The summed E-state index contributed by atoms with van der Waals surface area (Å²) in [7, 11) is 7.41. The number of nitrogens with zero attached hydrogens (tertiary/aromatic N) is 3. The highest BCUT2D eigenvalue weighted by atomic mass is 35.5. The van der Waals surface area contributed by atoms with Crippen molar-refractivity contribution in [1.29, 1.82) is 0 Å². The number of amides is 7. The summed E-state index contributed by atoms with van der Waals surface area (Å²) in [6.07, 6.45) is 1.76. The van der Waals surface area contributed by atoms with Gasteiger partial charge in [-0.2, -0.15) is 0 Å². The van der Waals surface area contributed by atoms with Crippen molar-refractivity contribution >= 4 is 64.9 Å². The fourth-order valence-electron chi connectivity index (χ4n) is 9.20. The van der Waals surface area contributed by atoms with E-state index in [0.717, 1.165) is 11.1 Å². The van der Waals surface area contributed by atoms with Crippen LogP contribution in [0.3, 0.4) is 0 Å². The van der Waals surface area contributed by atoms with E-state index in [1.165, 1.54) is 49.9 Å². The molecule has 0 radical (unpaired) electrons. The molecule has 2 aromatic carbocycles. The van der Waals surface area contributed by atoms with Gasteiger partial charge in [0.25, 0.3) is 0 Å². The van der Waals surface area contributed by atoms with Crippen LogP contribution in [-0.4, -0.2) is 147 Å². The van der Waals surface area contributed by atoms with Crippen molar-refractivity contribution in [3.63, 3.8) is 0 Å². The Balaban J connectivity index is 1.22. The predicted octanol–water partition coefficient (Wildman–Crippen LogP) is 5.73. The number of carbonyl (C=O) groups is 7. The Hall–Kier alpha value is -6.42. The molecule has 4 heterocycles. The Morgan fingerprint density at radius 2 is 1.74 bits per heavy atom. The molecule has 6 rings (SSSR count). The number of hydrogen-bond donors (Lipinski definition) is 5. The molecule has 0 saturated carbocycles. The topological polar surface area (TPSA) is 267 Å². The van der Waals surface area contributed by atoms with Crippen LogP contribution in [0.5, 0.6) is 5.75 Å². The lowest BCUT2D eigenvalue weighted by atomic mass is 9.72. The summed E-state index contributed by atoms with van der Waals surface area (Å²) in [6.45, 7) is 9.05. The summed E-state index contributed by atoms with van der Waals surface area (Å²) in [5.74, 6) is -1.87. The Labute approximate surface area is 437 Å². The average molecular weight is 1050 g/mol. The number of nitrogens with two attached hydrogens (primary N) is 1. The molecule has 21 nitrogen and oxygen atoms in total. The van der Waals surface area contributed by atoms with Crippen molar-refractivity contribution in [3.8, 4) is 5.75 Å². The number of rotatable bonds is 17. The van der Waals surface area contributed by atoms with Crippen LogP contribution in [0.15, 0.2) is 60.2 Å². The van der Waals surface area contributed by atoms with Gasteiger partial charge < -0.3 is 64.6 Å². The van der Waals surface area contributed by atoms with Crippen molar-refractivity contribution in [2.45, 2.75) is 134 Å². The molecule has 4 aliphatic heterocycles.